The van der Waals surface area contributed by atoms with E-state index in [1.807, 2.05) is 11.8 Å². The number of aromatic carboxylic acids is 1. The van der Waals surface area contributed by atoms with Crippen molar-refractivity contribution in [1.29, 1.82) is 0 Å². The number of hydrogen-bond acceptors (Lipinski definition) is 5. The molecule has 1 aliphatic heterocycles. The number of nitro groups is 1. The van der Waals surface area contributed by atoms with E-state index < -0.39 is 10.9 Å². The minimum Gasteiger partial charge on any atom is -0.477 e. The summed E-state index contributed by atoms with van der Waals surface area (Å²) in [6, 6.07) is 4.31. The first-order valence-electron chi connectivity index (χ1n) is 6.21. The maximum atomic E-state index is 11.0. The zero-order chi connectivity index (χ0) is 14.9. The number of nitrogens with zero attached hydrogens (tertiary/aromatic N) is 2. The highest BCUT2D eigenvalue weighted by Crippen LogP contribution is 2.34. The summed E-state index contributed by atoms with van der Waals surface area (Å²) < 4.78 is 0.0818. The molecule has 108 valence electrons. The second-order valence-corrected chi connectivity index (χ2v) is 7.10. The lowest BCUT2D eigenvalue weighted by Gasteiger charge is -2.38. The summed E-state index contributed by atoms with van der Waals surface area (Å²) in [6.45, 7) is 5.84. The van der Waals surface area contributed by atoms with Gasteiger partial charge in [-0.1, -0.05) is 0 Å². The highest BCUT2D eigenvalue weighted by Gasteiger charge is 2.29. The van der Waals surface area contributed by atoms with Crippen molar-refractivity contribution in [2.45, 2.75) is 18.6 Å². The summed E-state index contributed by atoms with van der Waals surface area (Å²) in [5.74, 6) is -0.334. The average molecular weight is 296 g/mol. The average Bonchev–Trinajstić information content (AvgIpc) is 2.36. The SMILES string of the molecule is CC1(C)CN(c2ccc(C(=O)O)c([N+](=O)[O-])c2)CCS1. The van der Waals surface area contributed by atoms with E-state index in [0.29, 0.717) is 5.69 Å². The van der Waals surface area contributed by atoms with Crippen LogP contribution in [0.4, 0.5) is 11.4 Å². The van der Waals surface area contributed by atoms with Crippen molar-refractivity contribution in [2.24, 2.45) is 0 Å². The number of carboxylic acids is 1. The smallest absolute Gasteiger partial charge is 0.342 e. The molecule has 7 heteroatoms. The molecular weight excluding hydrogens is 280 g/mol. The summed E-state index contributed by atoms with van der Waals surface area (Å²) in [6.07, 6.45) is 0. The molecule has 1 saturated heterocycles. The number of hydrogen-bond donors (Lipinski definition) is 1. The van der Waals surface area contributed by atoms with Gasteiger partial charge < -0.3 is 10.0 Å². The van der Waals surface area contributed by atoms with Gasteiger partial charge in [-0.3, -0.25) is 10.1 Å². The van der Waals surface area contributed by atoms with E-state index in [-0.39, 0.29) is 16.0 Å². The molecular formula is C13H16N2O4S. The van der Waals surface area contributed by atoms with Crippen molar-refractivity contribution in [3.05, 3.63) is 33.9 Å². The van der Waals surface area contributed by atoms with E-state index in [2.05, 4.69) is 18.7 Å². The van der Waals surface area contributed by atoms with Crippen LogP contribution in [-0.4, -0.2) is 39.6 Å². The van der Waals surface area contributed by atoms with Gasteiger partial charge in [-0.25, -0.2) is 4.79 Å². The monoisotopic (exact) mass is 296 g/mol. The van der Waals surface area contributed by atoms with Crippen molar-refractivity contribution >= 4 is 29.1 Å². The topological polar surface area (TPSA) is 83.7 Å². The third-order valence-electron chi connectivity index (χ3n) is 3.20. The predicted octanol–water partition coefficient (Wildman–Crippen LogP) is 2.62. The summed E-state index contributed by atoms with van der Waals surface area (Å²) in [5, 5.41) is 20.0. The molecule has 0 saturated carbocycles. The molecule has 0 amide bonds. The minimum atomic E-state index is -1.28. The number of anilines is 1. The molecule has 1 aromatic carbocycles. The molecule has 0 aliphatic carbocycles. The van der Waals surface area contributed by atoms with Crippen molar-refractivity contribution in [1.82, 2.24) is 0 Å². The van der Waals surface area contributed by atoms with Crippen LogP contribution in [-0.2, 0) is 0 Å². The van der Waals surface area contributed by atoms with Crippen LogP contribution in [0.25, 0.3) is 0 Å². The molecule has 1 aromatic rings. The standard InChI is InChI=1S/C13H16N2O4S/c1-13(2)8-14(5-6-20-13)9-3-4-10(12(16)17)11(7-9)15(18)19/h3-4,7H,5-6,8H2,1-2H3,(H,16,17). The highest BCUT2D eigenvalue weighted by molar-refractivity contribution is 8.00. The Morgan fingerprint density at radius 3 is 2.75 bits per heavy atom. The molecule has 2 rings (SSSR count). The number of thioether (sulfide) groups is 1. The lowest BCUT2D eigenvalue weighted by atomic mass is 10.1. The van der Waals surface area contributed by atoms with Crippen LogP contribution >= 0.6 is 11.8 Å². The van der Waals surface area contributed by atoms with Gasteiger partial charge >= 0.3 is 5.97 Å². The molecule has 0 radical (unpaired) electrons. The lowest BCUT2D eigenvalue weighted by Crippen LogP contribution is -2.43. The zero-order valence-corrected chi connectivity index (χ0v) is 12.1. The Labute approximate surface area is 120 Å². The molecule has 20 heavy (non-hydrogen) atoms. The van der Waals surface area contributed by atoms with E-state index in [1.165, 1.54) is 12.1 Å². The minimum absolute atomic E-state index is 0.0818. The lowest BCUT2D eigenvalue weighted by molar-refractivity contribution is -0.385. The molecule has 6 nitrogen and oxygen atoms in total. The molecule has 0 unspecified atom stereocenters. The van der Waals surface area contributed by atoms with Crippen LogP contribution in [0.15, 0.2) is 18.2 Å². The van der Waals surface area contributed by atoms with E-state index in [1.54, 1.807) is 6.07 Å². The first-order valence-corrected chi connectivity index (χ1v) is 7.19. The second kappa shape index (κ2) is 5.32. The Hall–Kier alpha value is -1.76. The van der Waals surface area contributed by atoms with Crippen molar-refractivity contribution in [2.75, 3.05) is 23.7 Å². The van der Waals surface area contributed by atoms with Crippen LogP contribution in [0.3, 0.4) is 0 Å². The van der Waals surface area contributed by atoms with Gasteiger partial charge in [-0.05, 0) is 26.0 Å². The van der Waals surface area contributed by atoms with Gasteiger partial charge in [0.1, 0.15) is 5.56 Å². The summed E-state index contributed by atoms with van der Waals surface area (Å²) in [7, 11) is 0. The fraction of sp³-hybridized carbons (Fsp3) is 0.462. The molecule has 0 atom stereocenters. The van der Waals surface area contributed by atoms with E-state index in [4.69, 9.17) is 5.11 Å². The molecule has 0 spiro atoms. The van der Waals surface area contributed by atoms with Crippen LogP contribution < -0.4 is 4.90 Å². The first kappa shape index (κ1) is 14.6. The Bertz CT molecular complexity index is 559. The number of rotatable bonds is 3. The van der Waals surface area contributed by atoms with Crippen LogP contribution in [0.5, 0.6) is 0 Å². The van der Waals surface area contributed by atoms with Gasteiger partial charge in [-0.15, -0.1) is 0 Å². The Kier molecular flexibility index (Phi) is 3.89. The van der Waals surface area contributed by atoms with Gasteiger partial charge in [0.25, 0.3) is 5.69 Å². The predicted molar refractivity (Wildman–Crippen MR) is 78.8 cm³/mol. The second-order valence-electron chi connectivity index (χ2n) is 5.29. The molecule has 1 N–H and O–H groups in total. The van der Waals surface area contributed by atoms with Crippen molar-refractivity contribution in [3.8, 4) is 0 Å². The Morgan fingerprint density at radius 2 is 2.20 bits per heavy atom. The molecule has 0 bridgehead atoms. The third-order valence-corrected chi connectivity index (χ3v) is 4.50. The summed E-state index contributed by atoms with van der Waals surface area (Å²) in [5.41, 5.74) is 0.0745. The number of carbonyl (C=O) groups is 1. The first-order chi connectivity index (χ1) is 9.30. The van der Waals surface area contributed by atoms with Gasteiger partial charge in [0.2, 0.25) is 0 Å². The molecule has 0 aromatic heterocycles. The number of benzene rings is 1. The Balaban J connectivity index is 2.36. The van der Waals surface area contributed by atoms with Crippen LogP contribution in [0, 0.1) is 10.1 Å². The highest BCUT2D eigenvalue weighted by atomic mass is 32.2. The molecule has 1 fully saturated rings. The number of nitro benzene ring substituents is 1. The normalized spacial score (nSPS) is 17.8. The quantitative estimate of drug-likeness (QED) is 0.682. The van der Waals surface area contributed by atoms with E-state index >= 15 is 0 Å². The van der Waals surface area contributed by atoms with Crippen LogP contribution in [0.2, 0.25) is 0 Å². The van der Waals surface area contributed by atoms with Gasteiger partial charge in [0.15, 0.2) is 0 Å². The fourth-order valence-electron chi connectivity index (χ4n) is 2.29. The van der Waals surface area contributed by atoms with Crippen molar-refractivity contribution in [3.63, 3.8) is 0 Å². The largest absolute Gasteiger partial charge is 0.477 e. The number of carboxylic acid groups (broad SMARTS) is 1. The summed E-state index contributed by atoms with van der Waals surface area (Å²) >= 11 is 1.87. The zero-order valence-electron chi connectivity index (χ0n) is 11.3. The third kappa shape index (κ3) is 3.04. The van der Waals surface area contributed by atoms with E-state index in [0.717, 1.165) is 18.8 Å². The molecule has 1 heterocycles. The van der Waals surface area contributed by atoms with Crippen LogP contribution in [0.1, 0.15) is 24.2 Å². The maximum absolute atomic E-state index is 11.0. The van der Waals surface area contributed by atoms with Crippen molar-refractivity contribution < 1.29 is 14.8 Å². The van der Waals surface area contributed by atoms with E-state index in [9.17, 15) is 14.9 Å². The van der Waals surface area contributed by atoms with Gasteiger partial charge in [-0.2, -0.15) is 11.8 Å². The Morgan fingerprint density at radius 1 is 1.50 bits per heavy atom. The molecule has 1 aliphatic rings. The maximum Gasteiger partial charge on any atom is 0.342 e. The summed E-state index contributed by atoms with van der Waals surface area (Å²) in [4.78, 5) is 23.4. The van der Waals surface area contributed by atoms with Gasteiger partial charge in [0.05, 0.1) is 4.92 Å². The fourth-order valence-corrected chi connectivity index (χ4v) is 3.40. The van der Waals surface area contributed by atoms with Gasteiger partial charge in [0, 0.05) is 35.3 Å².